The van der Waals surface area contributed by atoms with Gasteiger partial charge < -0.3 is 10.6 Å². The summed E-state index contributed by atoms with van der Waals surface area (Å²) >= 11 is 0. The number of alkyl halides is 3. The lowest BCUT2D eigenvalue weighted by molar-refractivity contribution is -0.137. The van der Waals surface area contributed by atoms with E-state index in [-0.39, 0.29) is 42.2 Å². The zero-order valence-corrected chi connectivity index (χ0v) is 15.7. The summed E-state index contributed by atoms with van der Waals surface area (Å²) in [6.45, 7) is 2.40. The number of nitrogens with one attached hydrogen (secondary N) is 2. The van der Waals surface area contributed by atoms with E-state index in [9.17, 15) is 18.0 Å². The van der Waals surface area contributed by atoms with Crippen molar-refractivity contribution >= 4 is 30.7 Å². The molecule has 3 rings (SSSR count). The van der Waals surface area contributed by atoms with Crippen molar-refractivity contribution in [3.8, 4) is 5.82 Å². The van der Waals surface area contributed by atoms with E-state index >= 15 is 0 Å². The summed E-state index contributed by atoms with van der Waals surface area (Å²) < 4.78 is 38.8. The van der Waals surface area contributed by atoms with E-state index in [2.05, 4.69) is 25.9 Å². The summed E-state index contributed by atoms with van der Waals surface area (Å²) in [4.78, 5) is 15.8. The summed E-state index contributed by atoms with van der Waals surface area (Å²) in [5.41, 5.74) is -0.763. The van der Waals surface area contributed by atoms with E-state index in [1.165, 1.54) is 12.3 Å². The van der Waals surface area contributed by atoms with Crippen molar-refractivity contribution in [2.45, 2.75) is 19.0 Å². The molecule has 12 heteroatoms. The van der Waals surface area contributed by atoms with Gasteiger partial charge in [-0.3, -0.25) is 4.79 Å². The van der Waals surface area contributed by atoms with Gasteiger partial charge in [-0.15, -0.1) is 29.9 Å². The molecule has 0 saturated carbocycles. The van der Waals surface area contributed by atoms with Crippen LogP contribution in [-0.2, 0) is 6.18 Å². The molecule has 2 N–H and O–H groups in total. The highest BCUT2D eigenvalue weighted by atomic mass is 35.5. The molecule has 1 unspecified atom stereocenters. The molecular weight excluding hydrogens is 408 g/mol. The number of hydrogen-bond acceptors (Lipinski definition) is 5. The predicted octanol–water partition coefficient (Wildman–Crippen LogP) is 2.25. The third-order valence-electron chi connectivity index (χ3n) is 3.99. The van der Waals surface area contributed by atoms with Crippen LogP contribution < -0.4 is 10.6 Å². The van der Waals surface area contributed by atoms with Crippen LogP contribution in [0, 0.1) is 5.92 Å². The molecule has 7 nitrogen and oxygen atoms in total. The Morgan fingerprint density at radius 2 is 2.11 bits per heavy atom. The van der Waals surface area contributed by atoms with Gasteiger partial charge in [0.1, 0.15) is 0 Å². The van der Waals surface area contributed by atoms with E-state index < -0.39 is 11.7 Å². The van der Waals surface area contributed by atoms with Gasteiger partial charge in [-0.05, 0) is 44.0 Å². The zero-order chi connectivity index (χ0) is 17.9. The number of halogens is 5. The van der Waals surface area contributed by atoms with Crippen molar-refractivity contribution < 1.29 is 18.0 Å². The van der Waals surface area contributed by atoms with Crippen molar-refractivity contribution in [3.05, 3.63) is 35.8 Å². The Hall–Kier alpha value is -1.91. The van der Waals surface area contributed by atoms with Crippen LogP contribution in [0.2, 0.25) is 0 Å². The number of pyridine rings is 1. The maximum atomic E-state index is 12.5. The molecule has 1 saturated heterocycles. The van der Waals surface area contributed by atoms with Crippen LogP contribution in [0.3, 0.4) is 0 Å². The van der Waals surface area contributed by atoms with E-state index in [0.29, 0.717) is 18.7 Å². The number of carbonyl (C=O) groups is 1. The molecule has 1 atom stereocenters. The Labute approximate surface area is 165 Å². The minimum Gasteiger partial charge on any atom is -0.350 e. The van der Waals surface area contributed by atoms with Crippen LogP contribution in [0.4, 0.5) is 13.2 Å². The highest BCUT2D eigenvalue weighted by molar-refractivity contribution is 5.91. The minimum absolute atomic E-state index is 0. The first-order chi connectivity index (χ1) is 11.9. The number of amides is 1. The zero-order valence-electron chi connectivity index (χ0n) is 14.1. The Balaban J connectivity index is 0.00000182. The fraction of sp³-hybridized carbons (Fsp3) is 0.467. The number of aromatic nitrogens is 4. The van der Waals surface area contributed by atoms with Gasteiger partial charge in [0.25, 0.3) is 5.91 Å². The second kappa shape index (κ2) is 9.86. The van der Waals surface area contributed by atoms with E-state index in [1.807, 2.05) is 0 Å². The first-order valence-electron chi connectivity index (χ1n) is 7.88. The molecule has 3 heterocycles. The lowest BCUT2D eigenvalue weighted by Crippen LogP contribution is -2.38. The fourth-order valence-corrected chi connectivity index (χ4v) is 2.59. The first-order valence-corrected chi connectivity index (χ1v) is 7.88. The molecule has 2 aromatic heterocycles. The Morgan fingerprint density at radius 3 is 2.70 bits per heavy atom. The molecule has 1 aliphatic heterocycles. The van der Waals surface area contributed by atoms with Crippen molar-refractivity contribution in [1.82, 2.24) is 30.6 Å². The molecule has 0 aliphatic carbocycles. The van der Waals surface area contributed by atoms with Crippen LogP contribution in [0.15, 0.2) is 24.5 Å². The van der Waals surface area contributed by atoms with Gasteiger partial charge >= 0.3 is 6.18 Å². The first kappa shape index (κ1) is 23.1. The van der Waals surface area contributed by atoms with Gasteiger partial charge in [0.05, 0.1) is 11.8 Å². The maximum Gasteiger partial charge on any atom is 0.417 e. The predicted molar refractivity (Wildman–Crippen MR) is 96.6 cm³/mol. The fourth-order valence-electron chi connectivity index (χ4n) is 2.59. The summed E-state index contributed by atoms with van der Waals surface area (Å²) in [7, 11) is 0. The number of piperidine rings is 1. The van der Waals surface area contributed by atoms with Crippen LogP contribution in [0.25, 0.3) is 5.82 Å². The third kappa shape index (κ3) is 6.05. The van der Waals surface area contributed by atoms with Crippen molar-refractivity contribution in [3.63, 3.8) is 0 Å². The molecule has 0 aromatic carbocycles. The van der Waals surface area contributed by atoms with E-state index in [0.717, 1.165) is 36.7 Å². The van der Waals surface area contributed by atoms with Crippen molar-refractivity contribution in [2.24, 2.45) is 5.92 Å². The second-order valence-corrected chi connectivity index (χ2v) is 5.87. The standard InChI is InChI=1S/C15H17F3N6O.2ClH/c16-15(17,18)11-3-4-13(20-8-11)24-9-12(22-23-24)14(25)21-7-10-2-1-5-19-6-10;;/h3-4,8-10,19H,1-2,5-7H2,(H,21,25);2*1H. The SMILES string of the molecule is Cl.Cl.O=C(NCC1CCCNC1)c1cn(-c2ccc(C(F)(F)F)cn2)nn1. The lowest BCUT2D eigenvalue weighted by atomic mass is 10.00. The molecular formula is C15H19Cl2F3N6O. The average molecular weight is 427 g/mol. The molecule has 27 heavy (non-hydrogen) atoms. The number of nitrogens with zero attached hydrogens (tertiary/aromatic N) is 4. The highest BCUT2D eigenvalue weighted by Crippen LogP contribution is 2.28. The van der Waals surface area contributed by atoms with Gasteiger partial charge in [0.2, 0.25) is 0 Å². The van der Waals surface area contributed by atoms with Crippen LogP contribution in [0.1, 0.15) is 28.9 Å². The van der Waals surface area contributed by atoms with Crippen molar-refractivity contribution in [1.29, 1.82) is 0 Å². The normalized spacial score (nSPS) is 16.8. The van der Waals surface area contributed by atoms with Crippen LogP contribution in [-0.4, -0.2) is 45.5 Å². The van der Waals surface area contributed by atoms with Gasteiger partial charge in [-0.1, -0.05) is 5.21 Å². The summed E-state index contributed by atoms with van der Waals surface area (Å²) in [5.74, 6) is 0.157. The molecule has 0 radical (unpaired) electrons. The van der Waals surface area contributed by atoms with Gasteiger partial charge in [0.15, 0.2) is 11.5 Å². The molecule has 0 spiro atoms. The van der Waals surface area contributed by atoms with E-state index in [1.54, 1.807) is 0 Å². The van der Waals surface area contributed by atoms with Gasteiger partial charge in [-0.2, -0.15) is 13.2 Å². The number of rotatable bonds is 4. The number of hydrogen-bond donors (Lipinski definition) is 2. The highest BCUT2D eigenvalue weighted by Gasteiger charge is 2.30. The summed E-state index contributed by atoms with van der Waals surface area (Å²) in [5, 5.41) is 13.6. The Kier molecular flexibility index (Phi) is 8.45. The molecule has 2 aromatic rings. The molecule has 0 bridgehead atoms. The number of carbonyl (C=O) groups excluding carboxylic acids is 1. The summed E-state index contributed by atoms with van der Waals surface area (Å²) in [6, 6.07) is 2.08. The Bertz CT molecular complexity index is 732. The molecule has 1 fully saturated rings. The lowest BCUT2D eigenvalue weighted by Gasteiger charge is -2.22. The van der Waals surface area contributed by atoms with Gasteiger partial charge in [-0.25, -0.2) is 9.67 Å². The smallest absolute Gasteiger partial charge is 0.350 e. The van der Waals surface area contributed by atoms with Crippen LogP contribution >= 0.6 is 24.8 Å². The van der Waals surface area contributed by atoms with Gasteiger partial charge in [0, 0.05) is 12.7 Å². The minimum atomic E-state index is -4.45. The van der Waals surface area contributed by atoms with Crippen LogP contribution in [0.5, 0.6) is 0 Å². The van der Waals surface area contributed by atoms with E-state index in [4.69, 9.17) is 0 Å². The monoisotopic (exact) mass is 426 g/mol. The van der Waals surface area contributed by atoms with Crippen molar-refractivity contribution in [2.75, 3.05) is 19.6 Å². The quantitative estimate of drug-likeness (QED) is 0.782. The molecule has 1 aliphatic rings. The molecule has 150 valence electrons. The molecule has 1 amide bonds. The second-order valence-electron chi connectivity index (χ2n) is 5.87. The summed E-state index contributed by atoms with van der Waals surface area (Å²) in [6.07, 6.45) is -0.268. The maximum absolute atomic E-state index is 12.5. The largest absolute Gasteiger partial charge is 0.417 e. The third-order valence-corrected chi connectivity index (χ3v) is 3.99. The Morgan fingerprint density at radius 1 is 1.33 bits per heavy atom. The average Bonchev–Trinajstić information content (AvgIpc) is 3.10. The topological polar surface area (TPSA) is 84.7 Å².